The minimum absolute atomic E-state index is 0.0220. The minimum atomic E-state index is -1.01. The molecule has 1 aliphatic rings. The third-order valence-electron chi connectivity index (χ3n) is 5.85. The molecule has 1 atom stereocenters. The lowest BCUT2D eigenvalue weighted by atomic mass is 9.96. The van der Waals surface area contributed by atoms with Crippen molar-refractivity contribution in [3.05, 3.63) is 88.7 Å². The SMILES string of the molecule is C=CCOC(=O)c1sc(N2C(=O)C(=O)C(=C(O)c3ccc(OCCCC)cc3)C2c2cccnc2)nc1C. The zero-order valence-electron chi connectivity index (χ0n) is 21.0. The van der Waals surface area contributed by atoms with Crippen LogP contribution in [-0.2, 0) is 14.3 Å². The summed E-state index contributed by atoms with van der Waals surface area (Å²) in [5, 5.41) is 11.4. The number of anilines is 1. The van der Waals surface area contributed by atoms with E-state index in [4.69, 9.17) is 9.47 Å². The van der Waals surface area contributed by atoms with Crippen molar-refractivity contribution in [1.82, 2.24) is 9.97 Å². The van der Waals surface area contributed by atoms with Crippen molar-refractivity contribution in [2.24, 2.45) is 0 Å². The third kappa shape index (κ3) is 5.35. The topological polar surface area (TPSA) is 119 Å². The number of aliphatic hydroxyl groups is 1. The van der Waals surface area contributed by atoms with Crippen molar-refractivity contribution in [2.75, 3.05) is 18.1 Å². The summed E-state index contributed by atoms with van der Waals surface area (Å²) in [7, 11) is 0. The number of hydrogen-bond donors (Lipinski definition) is 1. The second-order valence-electron chi connectivity index (χ2n) is 8.48. The third-order valence-corrected chi connectivity index (χ3v) is 6.98. The molecule has 1 unspecified atom stereocenters. The zero-order valence-corrected chi connectivity index (χ0v) is 21.9. The van der Waals surface area contributed by atoms with Gasteiger partial charge in [0.2, 0.25) is 0 Å². The van der Waals surface area contributed by atoms with Crippen molar-refractivity contribution in [3.63, 3.8) is 0 Å². The van der Waals surface area contributed by atoms with Crippen molar-refractivity contribution in [3.8, 4) is 5.75 Å². The molecule has 0 spiro atoms. The molecule has 9 nitrogen and oxygen atoms in total. The molecule has 1 N–H and O–H groups in total. The van der Waals surface area contributed by atoms with Gasteiger partial charge in [0.25, 0.3) is 5.78 Å². The zero-order chi connectivity index (χ0) is 27.2. The standard InChI is InChI=1S/C28H27N3O6S/c1-4-6-15-36-20-11-9-18(10-12-20)23(32)21-22(19-8-7-13-29-16-19)31(26(34)24(21)33)28-30-17(3)25(38-28)27(35)37-14-5-2/h5,7-13,16,22,32H,2,4,6,14-15H2,1,3H3. The Morgan fingerprint density at radius 3 is 2.66 bits per heavy atom. The number of benzene rings is 1. The van der Waals surface area contributed by atoms with E-state index in [0.29, 0.717) is 29.2 Å². The van der Waals surface area contributed by atoms with Crippen LogP contribution in [0.5, 0.6) is 5.75 Å². The van der Waals surface area contributed by atoms with Gasteiger partial charge in [-0.15, -0.1) is 0 Å². The summed E-state index contributed by atoms with van der Waals surface area (Å²) in [6, 6.07) is 9.02. The Labute approximate surface area is 224 Å². The number of nitrogens with zero attached hydrogens (tertiary/aromatic N) is 3. The molecular formula is C28H27N3O6S. The number of unbranched alkanes of at least 4 members (excludes halogenated alkanes) is 1. The molecule has 1 saturated heterocycles. The maximum absolute atomic E-state index is 13.3. The average Bonchev–Trinajstić information content (AvgIpc) is 3.44. The van der Waals surface area contributed by atoms with Crippen LogP contribution in [0.4, 0.5) is 5.13 Å². The van der Waals surface area contributed by atoms with E-state index in [0.717, 1.165) is 24.2 Å². The number of thiazole rings is 1. The first-order chi connectivity index (χ1) is 18.4. The quantitative estimate of drug-likeness (QED) is 0.0966. The fourth-order valence-electron chi connectivity index (χ4n) is 3.96. The highest BCUT2D eigenvalue weighted by Crippen LogP contribution is 2.43. The van der Waals surface area contributed by atoms with Gasteiger partial charge in [-0.2, -0.15) is 0 Å². The predicted octanol–water partition coefficient (Wildman–Crippen LogP) is 4.99. The molecule has 1 aromatic carbocycles. The van der Waals surface area contributed by atoms with Gasteiger partial charge in [0, 0.05) is 18.0 Å². The molecule has 1 amide bonds. The Bertz CT molecular complexity index is 1380. The number of aliphatic hydroxyl groups excluding tert-OH is 1. The number of pyridine rings is 1. The summed E-state index contributed by atoms with van der Waals surface area (Å²) in [6.45, 7) is 7.81. The molecule has 4 rings (SSSR count). The molecule has 3 aromatic rings. The van der Waals surface area contributed by atoms with E-state index in [2.05, 4.69) is 23.5 Å². The monoisotopic (exact) mass is 533 g/mol. The van der Waals surface area contributed by atoms with Crippen LogP contribution in [0.15, 0.2) is 67.0 Å². The number of ether oxygens (including phenoxy) is 2. The summed E-state index contributed by atoms with van der Waals surface area (Å²) in [4.78, 5) is 49.0. The number of aryl methyl sites for hydroxylation is 1. The number of amides is 1. The Morgan fingerprint density at radius 1 is 1.24 bits per heavy atom. The fraction of sp³-hybridized carbons (Fsp3) is 0.250. The first kappa shape index (κ1) is 26.7. The van der Waals surface area contributed by atoms with Crippen LogP contribution in [-0.4, -0.2) is 45.9 Å². The van der Waals surface area contributed by atoms with Crippen molar-refractivity contribution in [1.29, 1.82) is 0 Å². The van der Waals surface area contributed by atoms with E-state index in [1.165, 1.54) is 17.2 Å². The molecular weight excluding hydrogens is 506 g/mol. The maximum Gasteiger partial charge on any atom is 0.350 e. The van der Waals surface area contributed by atoms with Crippen LogP contribution in [0.25, 0.3) is 5.76 Å². The number of Topliss-reactive ketones (excluding diaryl/α,β-unsaturated/α-hetero) is 1. The Kier molecular flexibility index (Phi) is 8.32. The number of hydrogen-bond acceptors (Lipinski definition) is 9. The van der Waals surface area contributed by atoms with Gasteiger partial charge in [-0.05, 0) is 49.2 Å². The van der Waals surface area contributed by atoms with Gasteiger partial charge in [-0.25, -0.2) is 9.78 Å². The van der Waals surface area contributed by atoms with Crippen molar-refractivity contribution < 1.29 is 29.0 Å². The fourth-order valence-corrected chi connectivity index (χ4v) is 4.94. The molecule has 1 aliphatic heterocycles. The molecule has 0 radical (unpaired) electrons. The van der Waals surface area contributed by atoms with E-state index < -0.39 is 23.7 Å². The van der Waals surface area contributed by atoms with Crippen LogP contribution in [0.1, 0.15) is 52.3 Å². The van der Waals surface area contributed by atoms with E-state index in [9.17, 15) is 19.5 Å². The number of carbonyl (C=O) groups is 3. The first-order valence-corrected chi connectivity index (χ1v) is 12.9. The van der Waals surface area contributed by atoms with Gasteiger partial charge in [0.15, 0.2) is 5.13 Å². The molecule has 38 heavy (non-hydrogen) atoms. The Balaban J connectivity index is 1.77. The molecule has 0 saturated carbocycles. The lowest BCUT2D eigenvalue weighted by Crippen LogP contribution is -2.29. The summed E-state index contributed by atoms with van der Waals surface area (Å²) >= 11 is 0.932. The Hall–Kier alpha value is -4.31. The van der Waals surface area contributed by atoms with Gasteiger partial charge in [0.05, 0.1) is 23.9 Å². The summed E-state index contributed by atoms with van der Waals surface area (Å²) in [5.74, 6) is -2.06. The molecule has 10 heteroatoms. The van der Waals surface area contributed by atoms with Gasteiger partial charge < -0.3 is 14.6 Å². The van der Waals surface area contributed by atoms with Gasteiger partial charge in [0.1, 0.15) is 23.0 Å². The van der Waals surface area contributed by atoms with Crippen LogP contribution >= 0.6 is 11.3 Å². The van der Waals surface area contributed by atoms with E-state index >= 15 is 0 Å². The predicted molar refractivity (Wildman–Crippen MR) is 143 cm³/mol. The summed E-state index contributed by atoms with van der Waals surface area (Å²) in [5.41, 5.74) is 1.09. The smallest absolute Gasteiger partial charge is 0.350 e. The molecule has 1 fully saturated rings. The largest absolute Gasteiger partial charge is 0.507 e. The highest BCUT2D eigenvalue weighted by molar-refractivity contribution is 7.17. The second kappa shape index (κ2) is 11.8. The summed E-state index contributed by atoms with van der Waals surface area (Å²) in [6.07, 6.45) is 6.44. The van der Waals surface area contributed by atoms with Gasteiger partial charge in [-0.1, -0.05) is 43.4 Å². The van der Waals surface area contributed by atoms with E-state index in [-0.39, 0.29) is 27.9 Å². The normalized spacial score (nSPS) is 16.5. The highest BCUT2D eigenvalue weighted by Gasteiger charge is 2.48. The maximum atomic E-state index is 13.3. The summed E-state index contributed by atoms with van der Waals surface area (Å²) < 4.78 is 10.8. The number of aromatic nitrogens is 2. The van der Waals surface area contributed by atoms with Crippen LogP contribution in [0, 0.1) is 6.92 Å². The lowest BCUT2D eigenvalue weighted by Gasteiger charge is -2.22. The lowest BCUT2D eigenvalue weighted by molar-refractivity contribution is -0.132. The molecule has 196 valence electrons. The van der Waals surface area contributed by atoms with Gasteiger partial charge in [-0.3, -0.25) is 19.5 Å². The van der Waals surface area contributed by atoms with Gasteiger partial charge >= 0.3 is 11.9 Å². The molecule has 2 aromatic heterocycles. The van der Waals surface area contributed by atoms with Crippen molar-refractivity contribution >= 4 is 39.9 Å². The molecule has 0 aliphatic carbocycles. The number of rotatable bonds is 10. The minimum Gasteiger partial charge on any atom is -0.507 e. The average molecular weight is 534 g/mol. The second-order valence-corrected chi connectivity index (χ2v) is 9.46. The van der Waals surface area contributed by atoms with E-state index in [1.54, 1.807) is 49.5 Å². The van der Waals surface area contributed by atoms with Crippen LogP contribution in [0.2, 0.25) is 0 Å². The van der Waals surface area contributed by atoms with E-state index in [1.807, 2.05) is 0 Å². The Morgan fingerprint density at radius 2 is 2.00 bits per heavy atom. The van der Waals surface area contributed by atoms with Crippen molar-refractivity contribution in [2.45, 2.75) is 32.7 Å². The molecule has 3 heterocycles. The first-order valence-electron chi connectivity index (χ1n) is 12.1. The highest BCUT2D eigenvalue weighted by atomic mass is 32.1. The number of carbonyl (C=O) groups excluding carboxylic acids is 3. The number of ketones is 1. The van der Waals surface area contributed by atoms with Crippen LogP contribution < -0.4 is 9.64 Å². The molecule has 0 bridgehead atoms. The van der Waals surface area contributed by atoms with Crippen LogP contribution in [0.3, 0.4) is 0 Å². The number of esters is 1.